The summed E-state index contributed by atoms with van der Waals surface area (Å²) in [7, 11) is 0. The highest BCUT2D eigenvalue weighted by molar-refractivity contribution is 5.75. The molecule has 0 radical (unpaired) electrons. The first-order chi connectivity index (χ1) is 19.0. The molecule has 0 aliphatic heterocycles. The fourth-order valence-electron chi connectivity index (χ4n) is 5.17. The van der Waals surface area contributed by atoms with Gasteiger partial charge in [0, 0.05) is 17.2 Å². The highest BCUT2D eigenvalue weighted by atomic mass is 19.1. The monoisotopic (exact) mass is 528 g/mol. The zero-order valence-corrected chi connectivity index (χ0v) is 21.0. The van der Waals surface area contributed by atoms with Gasteiger partial charge in [-0.2, -0.15) is 0 Å². The molecule has 3 unspecified atom stereocenters. The van der Waals surface area contributed by atoms with E-state index in [4.69, 9.17) is 19.3 Å². The first-order valence-corrected chi connectivity index (χ1v) is 12.9. The van der Waals surface area contributed by atoms with E-state index in [-0.39, 0.29) is 35.8 Å². The maximum atomic E-state index is 14.9. The second-order valence-electron chi connectivity index (χ2n) is 9.91. The van der Waals surface area contributed by atoms with Crippen molar-refractivity contribution in [2.45, 2.75) is 37.9 Å². The molecule has 1 saturated carbocycles. The maximum absolute atomic E-state index is 14.9. The third-order valence-electron chi connectivity index (χ3n) is 7.30. The molecule has 0 spiro atoms. The molecule has 1 fully saturated rings. The lowest BCUT2D eigenvalue weighted by atomic mass is 10.1. The van der Waals surface area contributed by atoms with Crippen LogP contribution >= 0.6 is 0 Å². The first kappa shape index (κ1) is 24.9. The lowest BCUT2D eigenvalue weighted by Crippen LogP contribution is -2.06. The van der Waals surface area contributed by atoms with Crippen LogP contribution in [0.25, 0.3) is 0 Å². The molecule has 0 saturated heterocycles. The van der Waals surface area contributed by atoms with Gasteiger partial charge in [-0.15, -0.1) is 0 Å². The minimum Gasteiger partial charge on any atom is -0.486 e. The third kappa shape index (κ3) is 5.30. The minimum atomic E-state index is -0.772. The number of aliphatic carboxylic acids is 1. The molecule has 3 atom stereocenters. The van der Waals surface area contributed by atoms with Crippen LogP contribution in [0, 0.1) is 17.6 Å². The molecule has 6 rings (SSSR count). The summed E-state index contributed by atoms with van der Waals surface area (Å²) in [5.74, 6) is -0.536. The third-order valence-corrected chi connectivity index (χ3v) is 7.30. The van der Waals surface area contributed by atoms with E-state index >= 15 is 0 Å². The molecule has 39 heavy (non-hydrogen) atoms. The molecule has 198 valence electrons. The van der Waals surface area contributed by atoms with Crippen molar-refractivity contribution in [2.24, 2.45) is 5.92 Å². The van der Waals surface area contributed by atoms with Crippen LogP contribution in [0.3, 0.4) is 0 Å². The van der Waals surface area contributed by atoms with Crippen molar-refractivity contribution in [2.75, 3.05) is 0 Å². The van der Waals surface area contributed by atoms with E-state index in [1.54, 1.807) is 24.3 Å². The van der Waals surface area contributed by atoms with Crippen LogP contribution in [-0.2, 0) is 17.8 Å². The van der Waals surface area contributed by atoms with Gasteiger partial charge >= 0.3 is 5.97 Å². The first-order valence-electron chi connectivity index (χ1n) is 12.9. The maximum Gasteiger partial charge on any atom is 0.307 e. The standard InChI is InChI=1S/C32H26F2O5/c33-26-12-15-28(39-22-10-13-29(27(34)16-22)37-18-19-4-2-1-3-5-19)23-11-14-30(31(23)26)38-21-8-6-20(7-9-21)24-17-25(24)32(35)36/h1-10,12-13,15-16,24-25,30H,11,14,17-18H2,(H,35,36). The van der Waals surface area contributed by atoms with Crippen molar-refractivity contribution in [1.29, 1.82) is 0 Å². The van der Waals surface area contributed by atoms with Crippen LogP contribution in [-0.4, -0.2) is 11.1 Å². The summed E-state index contributed by atoms with van der Waals surface area (Å²) in [6.07, 6.45) is 1.27. The van der Waals surface area contributed by atoms with Gasteiger partial charge in [0.1, 0.15) is 35.8 Å². The van der Waals surface area contributed by atoms with Gasteiger partial charge in [-0.05, 0) is 72.7 Å². The normalized spacial score (nSPS) is 19.3. The summed E-state index contributed by atoms with van der Waals surface area (Å²) in [6.45, 7) is 0.247. The zero-order chi connectivity index (χ0) is 26.9. The highest BCUT2D eigenvalue weighted by Crippen LogP contribution is 2.48. The van der Waals surface area contributed by atoms with Crippen LogP contribution in [0.2, 0.25) is 0 Å². The van der Waals surface area contributed by atoms with Crippen molar-refractivity contribution in [3.63, 3.8) is 0 Å². The predicted molar refractivity (Wildman–Crippen MR) is 140 cm³/mol. The Morgan fingerprint density at radius 3 is 2.33 bits per heavy atom. The molecular weight excluding hydrogens is 502 g/mol. The number of carboxylic acids is 1. The molecule has 0 aromatic heterocycles. The molecule has 2 aliphatic rings. The van der Waals surface area contributed by atoms with Crippen LogP contribution < -0.4 is 14.2 Å². The number of carboxylic acid groups (broad SMARTS) is 1. The van der Waals surface area contributed by atoms with Gasteiger partial charge in [-0.3, -0.25) is 4.79 Å². The van der Waals surface area contributed by atoms with Gasteiger partial charge in [0.05, 0.1) is 5.92 Å². The van der Waals surface area contributed by atoms with Crippen LogP contribution in [0.1, 0.15) is 47.1 Å². The predicted octanol–water partition coefficient (Wildman–Crippen LogP) is 7.59. The Bertz CT molecular complexity index is 1500. The average Bonchev–Trinajstić information content (AvgIpc) is 3.64. The highest BCUT2D eigenvalue weighted by Gasteiger charge is 2.44. The summed E-state index contributed by atoms with van der Waals surface area (Å²) < 4.78 is 47.4. The molecule has 2 aliphatic carbocycles. The van der Waals surface area contributed by atoms with Crippen LogP contribution in [0.4, 0.5) is 8.78 Å². The molecule has 1 N–H and O–H groups in total. The Morgan fingerprint density at radius 2 is 1.62 bits per heavy atom. The number of hydrogen-bond acceptors (Lipinski definition) is 4. The fourth-order valence-corrected chi connectivity index (χ4v) is 5.17. The van der Waals surface area contributed by atoms with Crippen molar-refractivity contribution in [3.05, 3.63) is 119 Å². The summed E-state index contributed by atoms with van der Waals surface area (Å²) in [5.41, 5.74) is 3.03. The van der Waals surface area contributed by atoms with Gasteiger partial charge in [0.2, 0.25) is 0 Å². The Balaban J connectivity index is 1.14. The van der Waals surface area contributed by atoms with Crippen LogP contribution in [0.5, 0.6) is 23.0 Å². The van der Waals surface area contributed by atoms with Gasteiger partial charge in [-0.1, -0.05) is 42.5 Å². The lowest BCUT2D eigenvalue weighted by Gasteiger charge is -2.17. The largest absolute Gasteiger partial charge is 0.486 e. The Hall–Kier alpha value is -4.39. The summed E-state index contributed by atoms with van der Waals surface area (Å²) in [6, 6.07) is 24.1. The minimum absolute atomic E-state index is 0.0373. The Labute approximate surface area is 224 Å². The van der Waals surface area contributed by atoms with E-state index in [1.165, 1.54) is 18.2 Å². The fraction of sp³-hybridized carbons (Fsp3) is 0.219. The van der Waals surface area contributed by atoms with Gasteiger partial charge in [0.25, 0.3) is 0 Å². The second kappa shape index (κ2) is 10.4. The van der Waals surface area contributed by atoms with Crippen molar-refractivity contribution in [3.8, 4) is 23.0 Å². The van der Waals surface area contributed by atoms with Crippen molar-refractivity contribution >= 4 is 5.97 Å². The van der Waals surface area contributed by atoms with E-state index in [0.29, 0.717) is 41.9 Å². The number of fused-ring (bicyclic) bond motifs is 1. The SMILES string of the molecule is O=C(O)C1CC1c1ccc(OC2CCc3c(Oc4ccc(OCc5ccccc5)c(F)c4)ccc(F)c32)cc1. The second-order valence-corrected chi connectivity index (χ2v) is 9.91. The van der Waals surface area contributed by atoms with E-state index in [9.17, 15) is 13.6 Å². The number of rotatable bonds is 9. The smallest absolute Gasteiger partial charge is 0.307 e. The average molecular weight is 529 g/mol. The zero-order valence-electron chi connectivity index (χ0n) is 21.0. The summed E-state index contributed by atoms with van der Waals surface area (Å²) in [4.78, 5) is 11.1. The van der Waals surface area contributed by atoms with Crippen molar-refractivity contribution in [1.82, 2.24) is 0 Å². The Morgan fingerprint density at radius 1 is 0.872 bits per heavy atom. The number of ether oxygens (including phenoxy) is 3. The van der Waals surface area contributed by atoms with E-state index in [1.807, 2.05) is 42.5 Å². The quantitative estimate of drug-likeness (QED) is 0.242. The van der Waals surface area contributed by atoms with Gasteiger partial charge < -0.3 is 19.3 Å². The number of halogens is 2. The summed E-state index contributed by atoms with van der Waals surface area (Å²) in [5, 5.41) is 9.16. The number of benzene rings is 4. The van der Waals surface area contributed by atoms with E-state index in [2.05, 4.69) is 0 Å². The molecule has 4 aromatic carbocycles. The van der Waals surface area contributed by atoms with Gasteiger partial charge in [-0.25, -0.2) is 8.78 Å². The van der Waals surface area contributed by atoms with Crippen molar-refractivity contribution < 1.29 is 32.9 Å². The van der Waals surface area contributed by atoms with E-state index in [0.717, 1.165) is 11.1 Å². The molecule has 0 bridgehead atoms. The van der Waals surface area contributed by atoms with Crippen LogP contribution in [0.15, 0.2) is 84.9 Å². The topological polar surface area (TPSA) is 65.0 Å². The number of hydrogen-bond donors (Lipinski definition) is 1. The molecule has 5 nitrogen and oxygen atoms in total. The molecule has 0 amide bonds. The number of carbonyl (C=O) groups is 1. The Kier molecular flexibility index (Phi) is 6.65. The molecule has 0 heterocycles. The molecular formula is C32H26F2O5. The molecule has 7 heteroatoms. The van der Waals surface area contributed by atoms with E-state index < -0.39 is 17.9 Å². The lowest BCUT2D eigenvalue weighted by molar-refractivity contribution is -0.138. The molecule has 4 aromatic rings. The van der Waals surface area contributed by atoms with Gasteiger partial charge in [0.15, 0.2) is 11.6 Å². The summed E-state index contributed by atoms with van der Waals surface area (Å²) >= 11 is 0.